The molecule has 0 radical (unpaired) electrons. The van der Waals surface area contributed by atoms with E-state index in [0.29, 0.717) is 23.7 Å². The van der Waals surface area contributed by atoms with Crippen LogP contribution in [0.5, 0.6) is 23.7 Å². The maximum Gasteiger partial charge on any atom is 2.00 e. The third kappa shape index (κ3) is 15.2. The number of fused-ring (bicyclic) bond motifs is 6. The predicted molar refractivity (Wildman–Crippen MR) is 446 cm³/mol. The Bertz CT molecular complexity index is 5940. The first-order valence-corrected chi connectivity index (χ1v) is 37.6. The van der Waals surface area contributed by atoms with E-state index in [0.717, 1.165) is 90.6 Å². The number of rotatable bonds is 13. The quantitative estimate of drug-likeness (QED) is 0.103. The molecule has 0 N–H and O–H groups in total. The molecule has 0 bridgehead atoms. The van der Waals surface area contributed by atoms with E-state index in [1.165, 1.54) is 39.1 Å². The van der Waals surface area contributed by atoms with Gasteiger partial charge in [-0.15, -0.1) is 88.1 Å². The van der Waals surface area contributed by atoms with Gasteiger partial charge >= 0.3 is 42.1 Å². The molecule has 10 aromatic carbocycles. The zero-order valence-electron chi connectivity index (χ0n) is 65.1. The summed E-state index contributed by atoms with van der Waals surface area (Å²) in [6.07, 6.45) is 13.4. The Balaban J connectivity index is 0.000000141. The Labute approximate surface area is 717 Å². The number of aromatic nitrogens is 7. The van der Waals surface area contributed by atoms with E-state index in [1.54, 1.807) is 23.1 Å². The molecule has 5 aromatic heterocycles. The van der Waals surface area contributed by atoms with Gasteiger partial charge in [-0.05, 0) is 144 Å². The number of para-hydroxylation sites is 7. The standard InChI is InChI=1S/C37H30N4O.C32H29N4.C29H22N4O.3Pt/c1-25-13-12-14-26(2)35(25)40-24-31(39-36(40)42-34-19-10-11-22-38-34)27-20-21-30-33(23-27)41(28-15-6-5-7-16-28)32-18-9-8-17-29(32)37(30,3)4;1-31(2)26-14-8-9-15-28(26)36(24-12-6-5-7-13-24)29-22-25(17-18-27(29)31)34-20-21-35(23-34)32(3,4)30-16-10-11-19-33-30;1-29(2)23-12-6-7-13-25(23)33(21-10-4-3-5-11-21)26-20-22(15-16-24(26)29)32-19-17-28(31-32)34-27-14-8-9-18-30-27;;;/h5-15,17-22,24H,1-4H3;5-12,14-21,23H,1-4H3;3-10,12-19H,1-2H3;;;/q-2;-3;-2;;2*+2. The van der Waals surface area contributed by atoms with E-state index >= 15 is 0 Å². The van der Waals surface area contributed by atoms with E-state index in [9.17, 15) is 0 Å². The van der Waals surface area contributed by atoms with E-state index < -0.39 is 0 Å². The fourth-order valence-electron chi connectivity index (χ4n) is 15.7. The molecule has 0 saturated heterocycles. The van der Waals surface area contributed by atoms with Crippen LogP contribution >= 0.6 is 0 Å². The second-order valence-electron chi connectivity index (χ2n) is 30.2. The number of aryl methyl sites for hydroxylation is 2. The van der Waals surface area contributed by atoms with E-state index in [1.807, 2.05) is 120 Å². The third-order valence-electron chi connectivity index (χ3n) is 21.7. The van der Waals surface area contributed by atoms with Gasteiger partial charge in [-0.1, -0.05) is 167 Å². The summed E-state index contributed by atoms with van der Waals surface area (Å²) >= 11 is 0. The zero-order valence-corrected chi connectivity index (χ0v) is 71.9. The molecular formula is C98H81N12O2Pt3-3. The first-order valence-electron chi connectivity index (χ1n) is 37.6. The van der Waals surface area contributed by atoms with E-state index in [2.05, 4.69) is 327 Å². The van der Waals surface area contributed by atoms with Gasteiger partial charge in [0.15, 0.2) is 0 Å². The number of ether oxygens (including phenoxy) is 2. The normalized spacial score (nSPS) is 14.0. The van der Waals surface area contributed by atoms with Crippen LogP contribution in [0, 0.1) is 56.9 Å². The molecule has 0 atom stereocenters. The van der Waals surface area contributed by atoms with Crippen LogP contribution in [0.25, 0.3) is 22.6 Å². The average molecular weight is 2040 g/mol. The number of nitrogens with zero attached hydrogens (tertiary/aromatic N) is 12. The average Bonchev–Trinajstić information content (AvgIpc) is 0.976. The predicted octanol–water partition coefficient (Wildman–Crippen LogP) is 23.3. The molecule has 15 aromatic rings. The second kappa shape index (κ2) is 33.1. The molecule has 4 aliphatic heterocycles. The van der Waals surface area contributed by atoms with Gasteiger partial charge in [0.1, 0.15) is 0 Å². The van der Waals surface area contributed by atoms with Gasteiger partial charge in [-0.25, -0.2) is 15.0 Å². The van der Waals surface area contributed by atoms with Gasteiger partial charge in [0, 0.05) is 86.8 Å². The van der Waals surface area contributed by atoms with Crippen LogP contribution in [-0.2, 0) is 85.0 Å². The molecule has 0 amide bonds. The first-order chi connectivity index (χ1) is 54.4. The monoisotopic (exact) mass is 2040 g/mol. The molecule has 4 aliphatic rings. The summed E-state index contributed by atoms with van der Waals surface area (Å²) in [4.78, 5) is 29.3. The minimum absolute atomic E-state index is 0. The first kappa shape index (κ1) is 80.1. The summed E-state index contributed by atoms with van der Waals surface area (Å²) in [5.74, 6) is 1.47. The summed E-state index contributed by atoms with van der Waals surface area (Å²) in [5, 5.41) is 4.60. The van der Waals surface area contributed by atoms with Gasteiger partial charge in [0.2, 0.25) is 17.6 Å². The summed E-state index contributed by atoms with van der Waals surface area (Å²) in [6, 6.07) is 110. The van der Waals surface area contributed by atoms with Gasteiger partial charge < -0.3 is 34.0 Å². The molecule has 14 nitrogen and oxygen atoms in total. The van der Waals surface area contributed by atoms with Crippen LogP contribution in [-0.4, -0.2) is 39.2 Å². The van der Waals surface area contributed by atoms with Crippen molar-refractivity contribution in [2.24, 2.45) is 0 Å². The van der Waals surface area contributed by atoms with Crippen LogP contribution in [0.15, 0.2) is 304 Å². The van der Waals surface area contributed by atoms with Gasteiger partial charge in [0.05, 0.1) is 16.9 Å². The Morgan fingerprint density at radius 3 is 1.35 bits per heavy atom. The number of hydrogen-bond acceptors (Lipinski definition) is 12. The topological polar surface area (TPSA) is 109 Å². The Hall–Kier alpha value is -11.5. The molecule has 19 rings (SSSR count). The van der Waals surface area contributed by atoms with Crippen molar-refractivity contribution in [1.29, 1.82) is 0 Å². The Morgan fingerprint density at radius 2 is 0.861 bits per heavy atom. The van der Waals surface area contributed by atoms with Gasteiger partial charge in [-0.3, -0.25) is 14.2 Å². The Morgan fingerprint density at radius 1 is 0.409 bits per heavy atom. The number of benzene rings is 10. The van der Waals surface area contributed by atoms with Crippen LogP contribution in [0.1, 0.15) is 106 Å². The van der Waals surface area contributed by atoms with Crippen molar-refractivity contribution < 1.29 is 72.7 Å². The van der Waals surface area contributed by atoms with Gasteiger partial charge in [-0.2, -0.15) is 91.6 Å². The molecular weight excluding hydrogens is 1960 g/mol. The minimum Gasteiger partial charge on any atom is -0.500 e. The van der Waals surface area contributed by atoms with Crippen LogP contribution in [0.2, 0.25) is 0 Å². The minimum atomic E-state index is -0.285. The molecule has 9 heterocycles. The van der Waals surface area contributed by atoms with Gasteiger partial charge in [0.25, 0.3) is 6.01 Å². The number of imidazole rings is 1. The van der Waals surface area contributed by atoms with Crippen molar-refractivity contribution in [3.05, 3.63) is 398 Å². The van der Waals surface area contributed by atoms with Crippen molar-refractivity contribution >= 4 is 56.9 Å². The van der Waals surface area contributed by atoms with Crippen molar-refractivity contribution in [3.8, 4) is 46.3 Å². The number of pyridine rings is 3. The van der Waals surface area contributed by atoms with Crippen molar-refractivity contribution in [2.75, 3.05) is 19.6 Å². The van der Waals surface area contributed by atoms with Crippen LogP contribution in [0.3, 0.4) is 0 Å². The maximum absolute atomic E-state index is 6.27. The molecule has 0 unspecified atom stereocenters. The molecule has 0 aliphatic carbocycles. The largest absolute Gasteiger partial charge is 2.00 e. The number of anilines is 10. The molecule has 115 heavy (non-hydrogen) atoms. The van der Waals surface area contributed by atoms with Crippen LogP contribution in [0.4, 0.5) is 56.9 Å². The third-order valence-corrected chi connectivity index (χ3v) is 21.7. The smallest absolute Gasteiger partial charge is 0.500 e. The van der Waals surface area contributed by atoms with Crippen molar-refractivity contribution in [3.63, 3.8) is 0 Å². The fraction of sp³-hybridized carbons (Fsp3) is 0.143. The maximum atomic E-state index is 6.27. The zero-order chi connectivity index (χ0) is 76.9. The van der Waals surface area contributed by atoms with Crippen molar-refractivity contribution in [1.82, 2.24) is 39.2 Å². The molecule has 578 valence electrons. The second-order valence-corrected chi connectivity index (χ2v) is 30.2. The molecule has 0 saturated carbocycles. The molecule has 17 heteroatoms. The summed E-state index contributed by atoms with van der Waals surface area (Å²) in [5.41, 5.74) is 23.8. The van der Waals surface area contributed by atoms with Crippen LogP contribution < -0.4 is 29.1 Å². The van der Waals surface area contributed by atoms with E-state index in [4.69, 9.17) is 14.5 Å². The summed E-state index contributed by atoms with van der Waals surface area (Å²) in [7, 11) is 0. The summed E-state index contributed by atoms with van der Waals surface area (Å²) < 4.78 is 15.9. The SMILES string of the molecule is CC1(C)c2ccc(-n3ccc(Oc4ccccn4)n3)[c-]c2N(c2[c-]cccc2)c2ccccc21.CC1(C)c2ccc(N3C=CN(C(C)(C)c4ccccn4)[CH-]3)[c-]c2N(c2[c-]cccc2)c2ccccc21.Cc1cccc(C)c1-n1cc(-c2[c-]c3c(cc2)C(C)(C)c2ccccc2N3c2[c-]cccc2)nc1Oc1ccccn1.[Pt+2].[Pt+2].[Pt]. The van der Waals surface area contributed by atoms with Crippen molar-refractivity contribution in [2.45, 2.75) is 91.0 Å². The summed E-state index contributed by atoms with van der Waals surface area (Å²) in [6.45, 7) is 24.4. The fourth-order valence-corrected chi connectivity index (χ4v) is 15.7. The Kier molecular flexibility index (Phi) is 23.1. The molecule has 0 fully saturated rings. The molecule has 0 spiro atoms. The number of hydrogen-bond donors (Lipinski definition) is 0. The van der Waals surface area contributed by atoms with E-state index in [-0.39, 0.29) is 85.0 Å².